The van der Waals surface area contributed by atoms with Gasteiger partial charge in [0.05, 0.1) is 0 Å². The molecule has 2 fully saturated rings. The fourth-order valence-electron chi connectivity index (χ4n) is 3.22. The summed E-state index contributed by atoms with van der Waals surface area (Å²) in [6.45, 7) is 3.53. The van der Waals surface area contributed by atoms with Crippen LogP contribution < -0.4 is 11.1 Å². The molecule has 0 bridgehead atoms. The SMILES string of the molecule is CC1(C)S[C@@H]2[C@H](NC(=O)[C@H](N)c3ccc(O)cc3)C(=O)N2[C@H]1C(=O)O.[U]. The van der Waals surface area contributed by atoms with E-state index >= 15 is 0 Å². The summed E-state index contributed by atoms with van der Waals surface area (Å²) in [6, 6.07) is 3.21. The number of thioether (sulfide) groups is 1. The standard InChI is InChI=1S/C16H19N3O5S.U/c1-16(2)11(15(23)24)19-13(22)10(14(19)25-16)18-12(21)9(17)7-3-5-8(20)6-4-7;/h3-6,9-11,14,20H,17H2,1-2H3,(H,18,21)(H,23,24);/t9-,10-,11+,14-;/m1./s1. The number of amides is 2. The van der Waals surface area contributed by atoms with E-state index in [4.69, 9.17) is 5.73 Å². The largest absolute Gasteiger partial charge is 0.508 e. The van der Waals surface area contributed by atoms with E-state index in [9.17, 15) is 24.6 Å². The van der Waals surface area contributed by atoms with Crippen molar-refractivity contribution in [2.24, 2.45) is 5.73 Å². The van der Waals surface area contributed by atoms with Crippen LogP contribution >= 0.6 is 11.8 Å². The Morgan fingerprint density at radius 3 is 2.42 bits per heavy atom. The molecule has 0 aromatic heterocycles. The normalized spacial score (nSPS) is 27.0. The second kappa shape index (κ2) is 7.43. The fourth-order valence-corrected chi connectivity index (χ4v) is 4.85. The summed E-state index contributed by atoms with van der Waals surface area (Å²) in [6.07, 6.45) is 0. The first-order valence-corrected chi connectivity index (χ1v) is 8.59. The maximum absolute atomic E-state index is 12.3. The zero-order chi connectivity index (χ0) is 18.5. The number of hydrogen-bond acceptors (Lipinski definition) is 6. The number of β-lactam (4-membered cyclic amide) rings is 1. The number of phenolic OH excluding ortho intramolecular Hbond substituents is 1. The first-order chi connectivity index (χ1) is 11.6. The number of carboxylic acid groups (broad SMARTS) is 1. The van der Waals surface area contributed by atoms with E-state index in [1.807, 2.05) is 0 Å². The molecule has 0 saturated carbocycles. The molecule has 0 spiro atoms. The summed E-state index contributed by atoms with van der Waals surface area (Å²) in [7, 11) is 0. The third-order valence-corrected chi connectivity index (χ3v) is 6.08. The van der Waals surface area contributed by atoms with E-state index in [-0.39, 0.29) is 36.9 Å². The van der Waals surface area contributed by atoms with Gasteiger partial charge in [-0.15, -0.1) is 11.8 Å². The number of hydrogen-bond donors (Lipinski definition) is 4. The smallest absolute Gasteiger partial charge is 0.327 e. The van der Waals surface area contributed by atoms with Crippen LogP contribution in [-0.2, 0) is 14.4 Å². The number of carbonyl (C=O) groups excluding carboxylic acids is 2. The van der Waals surface area contributed by atoms with Crippen molar-refractivity contribution in [2.45, 2.75) is 42.1 Å². The first kappa shape index (κ1) is 21.1. The molecule has 4 atom stereocenters. The summed E-state index contributed by atoms with van der Waals surface area (Å²) in [5.74, 6) is -1.94. The molecule has 0 radical (unpaired) electrons. The van der Waals surface area contributed by atoms with Gasteiger partial charge >= 0.3 is 5.97 Å². The Bertz CT molecular complexity index is 742. The second-order valence-electron chi connectivity index (χ2n) is 6.65. The molecule has 2 aliphatic heterocycles. The van der Waals surface area contributed by atoms with Crippen molar-refractivity contribution in [1.82, 2.24) is 10.2 Å². The molecule has 5 N–H and O–H groups in total. The number of rotatable bonds is 4. The minimum atomic E-state index is -1.06. The predicted molar refractivity (Wildman–Crippen MR) is 90.7 cm³/mol. The number of aliphatic carboxylic acids is 1. The van der Waals surface area contributed by atoms with Crippen molar-refractivity contribution in [1.29, 1.82) is 0 Å². The summed E-state index contributed by atoms with van der Waals surface area (Å²) in [5, 5.41) is 20.9. The quantitative estimate of drug-likeness (QED) is 0.357. The van der Waals surface area contributed by atoms with E-state index in [2.05, 4.69) is 5.32 Å². The summed E-state index contributed by atoms with van der Waals surface area (Å²) < 4.78 is -0.648. The zero-order valence-electron chi connectivity index (χ0n) is 14.2. The Kier molecular flexibility index (Phi) is 6.03. The van der Waals surface area contributed by atoms with Crippen LogP contribution in [0.3, 0.4) is 0 Å². The number of fused-ring (bicyclic) bond motifs is 1. The van der Waals surface area contributed by atoms with Crippen LogP contribution in [0.5, 0.6) is 5.75 Å². The molecular formula is C16H19N3O5SU. The summed E-state index contributed by atoms with van der Waals surface area (Å²) in [4.78, 5) is 37.5. The molecule has 26 heavy (non-hydrogen) atoms. The van der Waals surface area contributed by atoms with Crippen LogP contribution in [0, 0.1) is 31.1 Å². The number of nitrogens with one attached hydrogen (secondary N) is 1. The zero-order valence-corrected chi connectivity index (χ0v) is 19.2. The van der Waals surface area contributed by atoms with E-state index in [1.165, 1.54) is 40.9 Å². The number of carbonyl (C=O) groups is 3. The number of nitrogens with zero attached hydrogens (tertiary/aromatic N) is 1. The van der Waals surface area contributed by atoms with Crippen molar-refractivity contribution in [3.63, 3.8) is 0 Å². The van der Waals surface area contributed by atoms with Crippen LogP contribution in [0.4, 0.5) is 0 Å². The average Bonchev–Trinajstić information content (AvgIpc) is 2.80. The van der Waals surface area contributed by atoms with Gasteiger partial charge in [0.25, 0.3) is 0 Å². The molecule has 2 aliphatic rings. The van der Waals surface area contributed by atoms with Gasteiger partial charge in [-0.1, -0.05) is 12.1 Å². The molecule has 3 rings (SSSR count). The topological polar surface area (TPSA) is 133 Å². The Labute approximate surface area is 178 Å². The predicted octanol–water partition coefficient (Wildman–Crippen LogP) is 0.0237. The number of phenols is 1. The van der Waals surface area contributed by atoms with Crippen LogP contribution in [0.15, 0.2) is 24.3 Å². The van der Waals surface area contributed by atoms with Crippen molar-refractivity contribution >= 4 is 29.5 Å². The molecule has 10 heteroatoms. The van der Waals surface area contributed by atoms with Gasteiger partial charge in [-0.3, -0.25) is 9.59 Å². The Balaban J connectivity index is 0.00000243. The van der Waals surface area contributed by atoms with E-state index in [0.29, 0.717) is 5.56 Å². The molecule has 138 valence electrons. The maximum Gasteiger partial charge on any atom is 0.327 e. The fraction of sp³-hybridized carbons (Fsp3) is 0.438. The molecule has 0 unspecified atom stereocenters. The third-order valence-electron chi connectivity index (χ3n) is 4.51. The van der Waals surface area contributed by atoms with Gasteiger partial charge in [-0.05, 0) is 31.5 Å². The van der Waals surface area contributed by atoms with Gasteiger partial charge in [0.15, 0.2) is 0 Å². The number of carboxylic acids is 1. The van der Waals surface area contributed by atoms with Crippen LogP contribution in [-0.4, -0.2) is 55.1 Å². The molecule has 1 aromatic carbocycles. The molecule has 2 saturated heterocycles. The Hall–Kier alpha value is -1.21. The summed E-state index contributed by atoms with van der Waals surface area (Å²) in [5.41, 5.74) is 6.41. The monoisotopic (exact) mass is 603 g/mol. The van der Waals surface area contributed by atoms with Gasteiger partial charge in [0.1, 0.15) is 29.2 Å². The van der Waals surface area contributed by atoms with Crippen molar-refractivity contribution < 1.29 is 55.7 Å². The van der Waals surface area contributed by atoms with Gasteiger partial charge in [-0.2, -0.15) is 0 Å². The van der Waals surface area contributed by atoms with Gasteiger partial charge in [0.2, 0.25) is 11.8 Å². The van der Waals surface area contributed by atoms with Gasteiger partial charge in [0, 0.05) is 35.9 Å². The van der Waals surface area contributed by atoms with Crippen molar-refractivity contribution in [3.8, 4) is 5.75 Å². The van der Waals surface area contributed by atoms with E-state index in [1.54, 1.807) is 13.8 Å². The molecule has 2 heterocycles. The maximum atomic E-state index is 12.3. The van der Waals surface area contributed by atoms with Crippen LogP contribution in [0.25, 0.3) is 0 Å². The Morgan fingerprint density at radius 1 is 1.31 bits per heavy atom. The molecule has 0 aliphatic carbocycles. The van der Waals surface area contributed by atoms with Crippen LogP contribution in [0.1, 0.15) is 25.5 Å². The van der Waals surface area contributed by atoms with Gasteiger partial charge < -0.3 is 26.2 Å². The van der Waals surface area contributed by atoms with Crippen molar-refractivity contribution in [2.75, 3.05) is 0 Å². The number of nitrogens with two attached hydrogens (primary N) is 1. The number of benzene rings is 1. The molecule has 8 nitrogen and oxygen atoms in total. The minimum absolute atomic E-state index is 0. The van der Waals surface area contributed by atoms with E-state index < -0.39 is 46.0 Å². The number of aromatic hydroxyl groups is 1. The molecule has 1 aromatic rings. The second-order valence-corrected chi connectivity index (χ2v) is 8.42. The molecular weight excluding hydrogens is 584 g/mol. The van der Waals surface area contributed by atoms with Crippen molar-refractivity contribution in [3.05, 3.63) is 29.8 Å². The summed E-state index contributed by atoms with van der Waals surface area (Å²) >= 11 is 1.35. The third kappa shape index (κ3) is 3.48. The average molecular weight is 603 g/mol. The molecule has 2 amide bonds. The Morgan fingerprint density at radius 2 is 1.88 bits per heavy atom. The van der Waals surface area contributed by atoms with Gasteiger partial charge in [-0.25, -0.2) is 4.79 Å². The minimum Gasteiger partial charge on any atom is -0.508 e. The first-order valence-electron chi connectivity index (χ1n) is 7.71. The van der Waals surface area contributed by atoms with E-state index in [0.717, 1.165) is 0 Å². The van der Waals surface area contributed by atoms with Crippen LogP contribution in [0.2, 0.25) is 0 Å².